The topological polar surface area (TPSA) is 38.3 Å². The van der Waals surface area contributed by atoms with Crippen LogP contribution in [0.25, 0.3) is 0 Å². The smallest absolute Gasteiger partial charge is 0.411 e. The van der Waals surface area contributed by atoms with Crippen molar-refractivity contribution in [2.24, 2.45) is 0 Å². The minimum Gasteiger partial charge on any atom is -0.443 e. The third-order valence-corrected chi connectivity index (χ3v) is 3.39. The van der Waals surface area contributed by atoms with Gasteiger partial charge in [0.25, 0.3) is 0 Å². The Morgan fingerprint density at radius 2 is 1.78 bits per heavy atom. The lowest BCUT2D eigenvalue weighted by molar-refractivity contribution is -0.919. The summed E-state index contributed by atoms with van der Waals surface area (Å²) in [6.07, 6.45) is -0.414. The molecule has 18 heavy (non-hydrogen) atoms. The number of nitrogens with zero attached hydrogens (tertiary/aromatic N) is 1. The fourth-order valence-electron chi connectivity index (χ4n) is 1.11. The van der Waals surface area contributed by atoms with Crippen LogP contribution in [-0.2, 0) is 4.74 Å². The molecule has 0 unspecified atom stereocenters. The summed E-state index contributed by atoms with van der Waals surface area (Å²) in [5, 5.41) is 2.70. The van der Waals surface area contributed by atoms with Crippen LogP contribution >= 0.6 is 0 Å². The Kier molecular flexibility index (Phi) is 4.35. The second kappa shape index (κ2) is 5.40. The first-order valence-corrected chi connectivity index (χ1v) is 6.03. The van der Waals surface area contributed by atoms with Crippen molar-refractivity contribution in [1.29, 1.82) is 0 Å². The predicted octanol–water partition coefficient (Wildman–Crippen LogP) is 2.72. The molecule has 1 aromatic carbocycles. The van der Waals surface area contributed by atoms with E-state index in [1.54, 1.807) is 0 Å². The normalized spacial score (nSPS) is 12.1. The lowest BCUT2D eigenvalue weighted by Gasteiger charge is -2.40. The first kappa shape index (κ1) is 14.5. The zero-order valence-electron chi connectivity index (χ0n) is 11.9. The molecule has 0 heterocycles. The fraction of sp³-hybridized carbons (Fsp3) is 0.500. The number of hydrogen-bond acceptors (Lipinski definition) is 2. The Bertz CT molecular complexity index is 394. The molecular formula is C14H23N2O2+. The molecule has 0 fully saturated rings. The van der Waals surface area contributed by atoms with Gasteiger partial charge in [0, 0.05) is 5.69 Å². The Hall–Kier alpha value is -1.55. The molecule has 4 heteroatoms. The van der Waals surface area contributed by atoms with Gasteiger partial charge >= 0.3 is 6.09 Å². The highest BCUT2D eigenvalue weighted by atomic mass is 16.5. The van der Waals surface area contributed by atoms with E-state index in [1.165, 1.54) is 0 Å². The van der Waals surface area contributed by atoms with Crippen LogP contribution in [0.2, 0.25) is 0 Å². The van der Waals surface area contributed by atoms with E-state index in [1.807, 2.05) is 30.3 Å². The second-order valence-electron chi connectivity index (χ2n) is 5.89. The molecule has 0 saturated heterocycles. The van der Waals surface area contributed by atoms with Crippen LogP contribution < -0.4 is 5.32 Å². The average Bonchev–Trinajstić information content (AvgIpc) is 2.26. The number of carbonyl (C=O) groups excluding carboxylic acids is 1. The summed E-state index contributed by atoms with van der Waals surface area (Å²) < 4.78 is 6.00. The molecule has 0 aliphatic rings. The summed E-state index contributed by atoms with van der Waals surface area (Å²) in [5.74, 6) is 0. The third kappa shape index (κ3) is 4.04. The number of hydrogen-bond donors (Lipinski definition) is 1. The zero-order chi connectivity index (χ0) is 13.8. The van der Waals surface area contributed by atoms with Crippen LogP contribution in [0.4, 0.5) is 10.5 Å². The first-order valence-electron chi connectivity index (χ1n) is 6.03. The summed E-state index contributed by atoms with van der Waals surface area (Å²) in [7, 11) is 6.25. The van der Waals surface area contributed by atoms with Crippen LogP contribution in [0.1, 0.15) is 13.8 Å². The minimum absolute atomic E-state index is 0.131. The number of benzene rings is 1. The highest BCUT2D eigenvalue weighted by Crippen LogP contribution is 2.18. The van der Waals surface area contributed by atoms with Crippen molar-refractivity contribution in [3.8, 4) is 0 Å². The fourth-order valence-corrected chi connectivity index (χ4v) is 1.11. The van der Waals surface area contributed by atoms with Crippen LogP contribution in [0.5, 0.6) is 0 Å². The molecule has 0 atom stereocenters. The van der Waals surface area contributed by atoms with Gasteiger partial charge in [-0.1, -0.05) is 18.2 Å². The van der Waals surface area contributed by atoms with E-state index in [-0.39, 0.29) is 5.54 Å². The molecule has 4 nitrogen and oxygen atoms in total. The molecule has 1 N–H and O–H groups in total. The molecule has 100 valence electrons. The molecule has 1 aromatic rings. The van der Waals surface area contributed by atoms with Crippen molar-refractivity contribution in [2.75, 3.05) is 33.1 Å². The van der Waals surface area contributed by atoms with Crippen LogP contribution in [-0.4, -0.2) is 43.9 Å². The van der Waals surface area contributed by atoms with E-state index in [2.05, 4.69) is 40.3 Å². The summed E-state index contributed by atoms with van der Waals surface area (Å²) in [4.78, 5) is 11.6. The van der Waals surface area contributed by atoms with Gasteiger partial charge in [-0.15, -0.1) is 0 Å². The Morgan fingerprint density at radius 1 is 1.22 bits per heavy atom. The van der Waals surface area contributed by atoms with Gasteiger partial charge < -0.3 is 9.22 Å². The molecule has 0 aromatic heterocycles. The standard InChI is InChI=1S/C14H22N2O2/c1-14(2,16(3,4)5)11-18-13(17)15-12-9-7-6-8-10-12/h6-10H,11H2,1-5H3/p+1. The summed E-state index contributed by atoms with van der Waals surface area (Å²) in [6.45, 7) is 4.51. The summed E-state index contributed by atoms with van der Waals surface area (Å²) in [6, 6.07) is 9.28. The summed E-state index contributed by atoms with van der Waals surface area (Å²) >= 11 is 0. The monoisotopic (exact) mass is 251 g/mol. The number of nitrogens with one attached hydrogen (secondary N) is 1. The van der Waals surface area contributed by atoms with Crippen molar-refractivity contribution in [3.05, 3.63) is 30.3 Å². The molecule has 0 aliphatic heterocycles. The number of rotatable bonds is 4. The molecule has 0 saturated carbocycles. The Labute approximate surface area is 109 Å². The minimum atomic E-state index is -0.414. The maximum atomic E-state index is 11.6. The van der Waals surface area contributed by atoms with Crippen LogP contribution in [0.3, 0.4) is 0 Å². The Morgan fingerprint density at radius 3 is 2.28 bits per heavy atom. The molecule has 0 radical (unpaired) electrons. The third-order valence-electron chi connectivity index (χ3n) is 3.39. The van der Waals surface area contributed by atoms with Gasteiger partial charge in [0.05, 0.1) is 21.1 Å². The van der Waals surface area contributed by atoms with E-state index in [0.29, 0.717) is 6.61 Å². The van der Waals surface area contributed by atoms with Gasteiger partial charge in [-0.25, -0.2) is 4.79 Å². The quantitative estimate of drug-likeness (QED) is 0.836. The first-order chi connectivity index (χ1) is 8.22. The number of carbonyl (C=O) groups is 1. The van der Waals surface area contributed by atoms with Crippen LogP contribution in [0, 0.1) is 0 Å². The largest absolute Gasteiger partial charge is 0.443 e. The van der Waals surface area contributed by atoms with Gasteiger partial charge in [-0.05, 0) is 26.0 Å². The number of amides is 1. The van der Waals surface area contributed by atoms with Gasteiger partial charge in [0.15, 0.2) is 0 Å². The van der Waals surface area contributed by atoms with Gasteiger partial charge in [-0.2, -0.15) is 0 Å². The molecule has 1 rings (SSSR count). The number of likely N-dealkylation sites (N-methyl/N-ethyl adjacent to an activating group) is 1. The number of anilines is 1. The van der Waals surface area contributed by atoms with Crippen molar-refractivity contribution in [3.63, 3.8) is 0 Å². The molecule has 0 bridgehead atoms. The van der Waals surface area contributed by atoms with Crippen LogP contribution in [0.15, 0.2) is 30.3 Å². The van der Waals surface area contributed by atoms with Gasteiger partial charge in [0.2, 0.25) is 0 Å². The van der Waals surface area contributed by atoms with Gasteiger partial charge in [-0.3, -0.25) is 5.32 Å². The van der Waals surface area contributed by atoms with Gasteiger partial charge in [0.1, 0.15) is 12.1 Å². The lowest BCUT2D eigenvalue weighted by atomic mass is 10.0. The predicted molar refractivity (Wildman–Crippen MR) is 73.5 cm³/mol. The molecule has 0 aliphatic carbocycles. The SMILES string of the molecule is CC(C)(COC(=O)Nc1ccccc1)[N+](C)(C)C. The average molecular weight is 251 g/mol. The van der Waals surface area contributed by atoms with Crippen molar-refractivity contribution < 1.29 is 14.0 Å². The number of para-hydroxylation sites is 1. The maximum Gasteiger partial charge on any atom is 0.411 e. The van der Waals surface area contributed by atoms with Crippen molar-refractivity contribution in [2.45, 2.75) is 19.4 Å². The molecule has 0 spiro atoms. The van der Waals surface area contributed by atoms with E-state index in [9.17, 15) is 4.79 Å². The lowest BCUT2D eigenvalue weighted by Crippen LogP contribution is -2.56. The number of ether oxygens (including phenoxy) is 1. The highest BCUT2D eigenvalue weighted by molar-refractivity contribution is 5.84. The second-order valence-corrected chi connectivity index (χ2v) is 5.89. The molecule has 1 amide bonds. The van der Waals surface area contributed by atoms with E-state index in [0.717, 1.165) is 10.2 Å². The molecular weight excluding hydrogens is 228 g/mol. The van der Waals surface area contributed by atoms with Crippen molar-refractivity contribution in [1.82, 2.24) is 0 Å². The number of quaternary nitrogens is 1. The Balaban J connectivity index is 2.48. The van der Waals surface area contributed by atoms with Crippen molar-refractivity contribution >= 4 is 11.8 Å². The van der Waals surface area contributed by atoms with E-state index in [4.69, 9.17) is 4.74 Å². The van der Waals surface area contributed by atoms with E-state index >= 15 is 0 Å². The zero-order valence-corrected chi connectivity index (χ0v) is 11.9. The van der Waals surface area contributed by atoms with E-state index < -0.39 is 6.09 Å². The summed E-state index contributed by atoms with van der Waals surface area (Å²) in [5.41, 5.74) is 0.610. The maximum absolute atomic E-state index is 11.6. The highest BCUT2D eigenvalue weighted by Gasteiger charge is 2.34.